The van der Waals surface area contributed by atoms with Crippen molar-refractivity contribution in [3.8, 4) is 22.5 Å². The van der Waals surface area contributed by atoms with E-state index in [2.05, 4.69) is 25.1 Å². The molecule has 11 heteroatoms. The molecule has 6 rings (SSSR count). The van der Waals surface area contributed by atoms with Crippen LogP contribution in [0.5, 0.6) is 0 Å². The van der Waals surface area contributed by atoms with Crippen molar-refractivity contribution in [2.24, 2.45) is 5.84 Å². The van der Waals surface area contributed by atoms with Gasteiger partial charge in [-0.15, -0.1) is 0 Å². The van der Waals surface area contributed by atoms with Crippen LogP contribution in [0.2, 0.25) is 0 Å². The molecule has 5 heterocycles. The zero-order valence-corrected chi connectivity index (χ0v) is 21.1. The highest BCUT2D eigenvalue weighted by molar-refractivity contribution is 6.08. The Morgan fingerprint density at radius 1 is 1.00 bits per heavy atom. The van der Waals surface area contributed by atoms with Crippen molar-refractivity contribution in [3.05, 3.63) is 60.6 Å². The van der Waals surface area contributed by atoms with Gasteiger partial charge >= 0.3 is 6.03 Å². The highest BCUT2D eigenvalue weighted by Crippen LogP contribution is 2.33. The number of hydrazine groups is 1. The zero-order valence-electron chi connectivity index (χ0n) is 21.1. The first-order valence-electron chi connectivity index (χ1n) is 12.4. The fourth-order valence-corrected chi connectivity index (χ4v) is 4.87. The normalized spacial score (nSPS) is 13.4. The summed E-state index contributed by atoms with van der Waals surface area (Å²) < 4.78 is 0. The van der Waals surface area contributed by atoms with E-state index in [1.165, 1.54) is 11.1 Å². The number of rotatable bonds is 4. The predicted molar refractivity (Wildman–Crippen MR) is 145 cm³/mol. The second-order valence-corrected chi connectivity index (χ2v) is 9.62. The molecule has 4 N–H and O–H groups in total. The lowest BCUT2D eigenvalue weighted by Gasteiger charge is -2.21. The van der Waals surface area contributed by atoms with Crippen molar-refractivity contribution in [2.45, 2.75) is 12.8 Å². The molecular formula is C27H27N9O2. The Hall–Kier alpha value is -4.77. The number of hydrogen-bond acceptors (Lipinski definition) is 6. The fraction of sp³-hybridized carbons (Fsp3) is 0.222. The summed E-state index contributed by atoms with van der Waals surface area (Å²) in [6.45, 7) is 1.60. The number of anilines is 1. The van der Waals surface area contributed by atoms with Gasteiger partial charge in [-0.05, 0) is 43.2 Å². The lowest BCUT2D eigenvalue weighted by molar-refractivity contribution is 0.0794. The van der Waals surface area contributed by atoms with Gasteiger partial charge in [0.25, 0.3) is 5.91 Å². The largest absolute Gasteiger partial charge is 0.353 e. The number of amides is 3. The quantitative estimate of drug-likeness (QED) is 0.191. The summed E-state index contributed by atoms with van der Waals surface area (Å²) in [6.07, 6.45) is 7.04. The average Bonchev–Trinajstić information content (AvgIpc) is 3.70. The van der Waals surface area contributed by atoms with E-state index < -0.39 is 0 Å². The van der Waals surface area contributed by atoms with Crippen LogP contribution in [0.4, 0.5) is 10.5 Å². The molecule has 1 saturated heterocycles. The van der Waals surface area contributed by atoms with Gasteiger partial charge in [0.1, 0.15) is 5.69 Å². The van der Waals surface area contributed by atoms with Gasteiger partial charge in [0.2, 0.25) is 0 Å². The number of aromatic amines is 2. The summed E-state index contributed by atoms with van der Waals surface area (Å²) in [5.74, 6) is 6.07. The summed E-state index contributed by atoms with van der Waals surface area (Å²) >= 11 is 0. The third-order valence-corrected chi connectivity index (χ3v) is 6.88. The number of nitrogens with two attached hydrogens (primary N) is 1. The molecule has 0 radical (unpaired) electrons. The molecule has 0 saturated carbocycles. The minimum atomic E-state index is -0.365. The Labute approximate surface area is 218 Å². The van der Waals surface area contributed by atoms with Crippen molar-refractivity contribution < 1.29 is 9.59 Å². The SMILES string of the molecule is CN(C)C(=O)N(N)c1cncc(-c2cnc3[nH]nc(-c4cc5c(C(=O)N6CCCC6)cccc5[nH]4)c3c2)c1. The molecule has 0 atom stereocenters. The summed E-state index contributed by atoms with van der Waals surface area (Å²) in [5.41, 5.74) is 5.66. The van der Waals surface area contributed by atoms with Crippen molar-refractivity contribution in [2.75, 3.05) is 32.2 Å². The summed E-state index contributed by atoms with van der Waals surface area (Å²) in [4.78, 5) is 41.0. The van der Waals surface area contributed by atoms with E-state index in [1.807, 2.05) is 35.2 Å². The topological polar surface area (TPSA) is 140 Å². The number of benzene rings is 1. The summed E-state index contributed by atoms with van der Waals surface area (Å²) in [5, 5.41) is 10.3. The van der Waals surface area contributed by atoms with Crippen LogP contribution >= 0.6 is 0 Å². The van der Waals surface area contributed by atoms with Crippen LogP contribution < -0.4 is 10.9 Å². The number of carbonyl (C=O) groups is 2. The van der Waals surface area contributed by atoms with Gasteiger partial charge in [-0.2, -0.15) is 5.10 Å². The Kier molecular flexibility index (Phi) is 5.76. The van der Waals surface area contributed by atoms with Crippen LogP contribution in [0.15, 0.2) is 55.0 Å². The maximum Gasteiger partial charge on any atom is 0.338 e. The average molecular weight is 510 g/mol. The van der Waals surface area contributed by atoms with Crippen molar-refractivity contribution in [1.29, 1.82) is 0 Å². The van der Waals surface area contributed by atoms with Crippen LogP contribution in [0.1, 0.15) is 23.2 Å². The maximum absolute atomic E-state index is 13.2. The lowest BCUT2D eigenvalue weighted by atomic mass is 10.1. The Bertz CT molecular complexity index is 1680. The Morgan fingerprint density at radius 2 is 1.79 bits per heavy atom. The monoisotopic (exact) mass is 509 g/mol. The smallest absolute Gasteiger partial charge is 0.338 e. The number of aromatic nitrogens is 5. The molecule has 4 aromatic heterocycles. The highest BCUT2D eigenvalue weighted by Gasteiger charge is 2.23. The molecule has 0 bridgehead atoms. The van der Waals surface area contributed by atoms with E-state index in [1.54, 1.807) is 32.6 Å². The van der Waals surface area contributed by atoms with E-state index in [-0.39, 0.29) is 11.9 Å². The fourth-order valence-electron chi connectivity index (χ4n) is 4.87. The van der Waals surface area contributed by atoms with Gasteiger partial charge in [0.15, 0.2) is 5.65 Å². The van der Waals surface area contributed by atoms with Gasteiger partial charge in [0, 0.05) is 72.6 Å². The van der Waals surface area contributed by atoms with E-state index >= 15 is 0 Å². The standard InChI is InChI=1S/C27H27N9O2/c1-34(2)27(38)36(28)18-10-16(13-29-15-18)17-11-21-24(32-33-25(21)30-14-17)23-12-20-19(6-5-7-22(20)31-23)26(37)35-8-3-4-9-35/h5-7,10-15,31H,3-4,8-9,28H2,1-2H3,(H,30,32,33). The number of urea groups is 1. The molecule has 1 fully saturated rings. The van der Waals surface area contributed by atoms with E-state index in [4.69, 9.17) is 5.84 Å². The second-order valence-electron chi connectivity index (χ2n) is 9.62. The van der Waals surface area contributed by atoms with Crippen LogP contribution in [-0.4, -0.2) is 74.1 Å². The van der Waals surface area contributed by atoms with Crippen LogP contribution in [-0.2, 0) is 0 Å². The Balaban J connectivity index is 1.39. The van der Waals surface area contributed by atoms with Gasteiger partial charge in [-0.25, -0.2) is 20.6 Å². The van der Waals surface area contributed by atoms with Crippen molar-refractivity contribution >= 4 is 39.6 Å². The molecule has 0 aliphatic carbocycles. The van der Waals surface area contributed by atoms with Gasteiger partial charge in [0.05, 0.1) is 17.6 Å². The molecule has 1 aliphatic rings. The minimum absolute atomic E-state index is 0.0589. The second kappa shape index (κ2) is 9.27. The molecule has 11 nitrogen and oxygen atoms in total. The number of nitrogens with one attached hydrogen (secondary N) is 2. The summed E-state index contributed by atoms with van der Waals surface area (Å²) in [6, 6.07) is 11.1. The van der Waals surface area contributed by atoms with E-state index in [0.29, 0.717) is 22.6 Å². The number of likely N-dealkylation sites (tertiary alicyclic amines) is 1. The summed E-state index contributed by atoms with van der Waals surface area (Å²) in [7, 11) is 3.26. The van der Waals surface area contributed by atoms with Crippen LogP contribution in [0, 0.1) is 0 Å². The highest BCUT2D eigenvalue weighted by atomic mass is 16.2. The van der Waals surface area contributed by atoms with E-state index in [9.17, 15) is 9.59 Å². The minimum Gasteiger partial charge on any atom is -0.353 e. The third-order valence-electron chi connectivity index (χ3n) is 6.88. The first kappa shape index (κ1) is 23.6. The number of pyridine rings is 2. The predicted octanol–water partition coefficient (Wildman–Crippen LogP) is 3.77. The molecule has 38 heavy (non-hydrogen) atoms. The molecule has 1 aromatic carbocycles. The van der Waals surface area contributed by atoms with E-state index in [0.717, 1.165) is 64.1 Å². The number of hydrogen-bond donors (Lipinski definition) is 3. The number of fused-ring (bicyclic) bond motifs is 2. The Morgan fingerprint density at radius 3 is 2.58 bits per heavy atom. The van der Waals surface area contributed by atoms with Gasteiger partial charge in [-0.1, -0.05) is 6.07 Å². The third kappa shape index (κ3) is 4.02. The van der Waals surface area contributed by atoms with Gasteiger partial charge in [-0.3, -0.25) is 14.9 Å². The first-order chi connectivity index (χ1) is 18.4. The number of carbonyl (C=O) groups excluding carboxylic acids is 2. The lowest BCUT2D eigenvalue weighted by Crippen LogP contribution is -2.44. The zero-order chi connectivity index (χ0) is 26.4. The van der Waals surface area contributed by atoms with Crippen molar-refractivity contribution in [1.82, 2.24) is 34.9 Å². The molecule has 0 spiro atoms. The molecule has 1 aliphatic heterocycles. The van der Waals surface area contributed by atoms with Crippen LogP contribution in [0.3, 0.4) is 0 Å². The number of nitrogens with zero attached hydrogens (tertiary/aromatic N) is 6. The molecule has 192 valence electrons. The first-order valence-corrected chi connectivity index (χ1v) is 12.4. The molecule has 3 amide bonds. The van der Waals surface area contributed by atoms with Crippen molar-refractivity contribution in [3.63, 3.8) is 0 Å². The molecular weight excluding hydrogens is 482 g/mol. The van der Waals surface area contributed by atoms with Gasteiger partial charge < -0.3 is 14.8 Å². The van der Waals surface area contributed by atoms with Crippen LogP contribution in [0.25, 0.3) is 44.5 Å². The maximum atomic E-state index is 13.2. The molecule has 0 unspecified atom stereocenters. The number of H-pyrrole nitrogens is 2. The molecule has 5 aromatic rings.